The lowest BCUT2D eigenvalue weighted by Gasteiger charge is -2.21. The summed E-state index contributed by atoms with van der Waals surface area (Å²) in [5, 5.41) is 0. The van der Waals surface area contributed by atoms with Crippen LogP contribution >= 0.6 is 0 Å². The summed E-state index contributed by atoms with van der Waals surface area (Å²) in [4.78, 5) is 10.5. The molecule has 3 N–H and O–H groups in total. The highest BCUT2D eigenvalue weighted by atomic mass is 15.3. The summed E-state index contributed by atoms with van der Waals surface area (Å²) in [6.45, 7) is 7.42. The van der Waals surface area contributed by atoms with Crippen LogP contribution < -0.4 is 16.2 Å². The van der Waals surface area contributed by atoms with Gasteiger partial charge in [0, 0.05) is 25.4 Å². The summed E-state index contributed by atoms with van der Waals surface area (Å²) in [5.41, 5.74) is 3.53. The van der Waals surface area contributed by atoms with Gasteiger partial charge in [-0.05, 0) is 19.3 Å². The van der Waals surface area contributed by atoms with Crippen molar-refractivity contribution in [2.24, 2.45) is 11.8 Å². The molecule has 16 heavy (non-hydrogen) atoms. The highest BCUT2D eigenvalue weighted by molar-refractivity contribution is 5.47. The Hall–Kier alpha value is -1.36. The third kappa shape index (κ3) is 3.34. The van der Waals surface area contributed by atoms with Crippen LogP contribution in [0.5, 0.6) is 0 Å². The molecule has 0 aliphatic rings. The standard InChI is InChI=1S/C11H21N5/c1-8(2)5-6-16(4)10-9(3)7-13-11(14-10)15-12/h7-8H,5-6,12H2,1-4H3,(H,13,14,15). The van der Waals surface area contributed by atoms with Crippen molar-refractivity contribution in [3.63, 3.8) is 0 Å². The number of aromatic nitrogens is 2. The van der Waals surface area contributed by atoms with E-state index < -0.39 is 0 Å². The molecule has 0 aliphatic carbocycles. The zero-order valence-corrected chi connectivity index (χ0v) is 10.5. The van der Waals surface area contributed by atoms with Crippen molar-refractivity contribution in [1.29, 1.82) is 0 Å². The second-order valence-electron chi connectivity index (χ2n) is 4.45. The summed E-state index contributed by atoms with van der Waals surface area (Å²) in [7, 11) is 2.04. The van der Waals surface area contributed by atoms with Crippen LogP contribution in [-0.2, 0) is 0 Å². The van der Waals surface area contributed by atoms with Crippen LogP contribution in [-0.4, -0.2) is 23.6 Å². The van der Waals surface area contributed by atoms with Gasteiger partial charge in [0.15, 0.2) is 0 Å². The van der Waals surface area contributed by atoms with Gasteiger partial charge in [0.05, 0.1) is 0 Å². The van der Waals surface area contributed by atoms with Crippen LogP contribution in [0, 0.1) is 12.8 Å². The monoisotopic (exact) mass is 223 g/mol. The number of nitrogens with one attached hydrogen (secondary N) is 1. The Kier molecular flexibility index (Phi) is 4.49. The first-order valence-corrected chi connectivity index (χ1v) is 5.56. The van der Waals surface area contributed by atoms with E-state index in [0.717, 1.165) is 24.3 Å². The summed E-state index contributed by atoms with van der Waals surface area (Å²) >= 11 is 0. The van der Waals surface area contributed by atoms with E-state index in [1.54, 1.807) is 6.20 Å². The fraction of sp³-hybridized carbons (Fsp3) is 0.636. The Morgan fingerprint density at radius 1 is 1.50 bits per heavy atom. The molecule has 90 valence electrons. The van der Waals surface area contributed by atoms with E-state index in [1.165, 1.54) is 0 Å². The molecule has 0 radical (unpaired) electrons. The van der Waals surface area contributed by atoms with Gasteiger partial charge in [-0.25, -0.2) is 10.8 Å². The van der Waals surface area contributed by atoms with E-state index in [9.17, 15) is 0 Å². The Bertz CT molecular complexity index is 337. The topological polar surface area (TPSA) is 67.1 Å². The molecule has 0 unspecified atom stereocenters. The largest absolute Gasteiger partial charge is 0.359 e. The number of nitrogens with two attached hydrogens (primary N) is 1. The van der Waals surface area contributed by atoms with Gasteiger partial charge in [0.2, 0.25) is 5.95 Å². The molecule has 0 atom stereocenters. The minimum absolute atomic E-state index is 0.456. The normalized spacial score (nSPS) is 10.6. The number of hydrogen-bond acceptors (Lipinski definition) is 5. The van der Waals surface area contributed by atoms with E-state index in [1.807, 2.05) is 14.0 Å². The zero-order chi connectivity index (χ0) is 12.1. The highest BCUT2D eigenvalue weighted by Crippen LogP contribution is 2.17. The van der Waals surface area contributed by atoms with Crippen molar-refractivity contribution in [2.45, 2.75) is 27.2 Å². The zero-order valence-electron chi connectivity index (χ0n) is 10.5. The minimum Gasteiger partial charge on any atom is -0.359 e. The molecular formula is C11H21N5. The first kappa shape index (κ1) is 12.7. The third-order valence-corrected chi connectivity index (χ3v) is 2.48. The predicted octanol–water partition coefficient (Wildman–Crippen LogP) is 1.55. The molecule has 0 fully saturated rings. The molecule has 1 heterocycles. The number of hydrazine groups is 1. The van der Waals surface area contributed by atoms with Gasteiger partial charge in [-0.15, -0.1) is 0 Å². The summed E-state index contributed by atoms with van der Waals surface area (Å²) in [5.74, 6) is 7.38. The molecule has 0 spiro atoms. The number of rotatable bonds is 5. The fourth-order valence-corrected chi connectivity index (χ4v) is 1.45. The van der Waals surface area contributed by atoms with E-state index in [0.29, 0.717) is 11.9 Å². The summed E-state index contributed by atoms with van der Waals surface area (Å²) < 4.78 is 0. The van der Waals surface area contributed by atoms with Gasteiger partial charge < -0.3 is 4.90 Å². The first-order chi connectivity index (χ1) is 7.54. The maximum Gasteiger partial charge on any atom is 0.239 e. The van der Waals surface area contributed by atoms with Gasteiger partial charge >= 0.3 is 0 Å². The lowest BCUT2D eigenvalue weighted by molar-refractivity contribution is 0.583. The van der Waals surface area contributed by atoms with E-state index >= 15 is 0 Å². The van der Waals surface area contributed by atoms with Crippen LogP contribution in [0.15, 0.2) is 6.20 Å². The number of nitrogens with zero attached hydrogens (tertiary/aromatic N) is 3. The number of aryl methyl sites for hydroxylation is 1. The van der Waals surface area contributed by atoms with Crippen molar-refractivity contribution in [2.75, 3.05) is 23.9 Å². The van der Waals surface area contributed by atoms with E-state index in [-0.39, 0.29) is 0 Å². The molecule has 1 rings (SSSR count). The van der Waals surface area contributed by atoms with Crippen LogP contribution in [0.25, 0.3) is 0 Å². The summed E-state index contributed by atoms with van der Waals surface area (Å²) in [6.07, 6.45) is 2.93. The molecule has 0 saturated carbocycles. The number of hydrogen-bond donors (Lipinski definition) is 2. The highest BCUT2D eigenvalue weighted by Gasteiger charge is 2.08. The van der Waals surface area contributed by atoms with Gasteiger partial charge in [-0.3, -0.25) is 5.43 Å². The lowest BCUT2D eigenvalue weighted by atomic mass is 10.1. The maximum absolute atomic E-state index is 5.30. The Morgan fingerprint density at radius 3 is 2.75 bits per heavy atom. The SMILES string of the molecule is Cc1cnc(NN)nc1N(C)CCC(C)C. The van der Waals surface area contributed by atoms with Crippen LogP contribution in [0.4, 0.5) is 11.8 Å². The van der Waals surface area contributed by atoms with Gasteiger partial charge in [0.25, 0.3) is 0 Å². The quantitative estimate of drug-likeness (QED) is 0.585. The number of anilines is 2. The van der Waals surface area contributed by atoms with Gasteiger partial charge in [0.1, 0.15) is 5.82 Å². The van der Waals surface area contributed by atoms with Crippen LogP contribution in [0.2, 0.25) is 0 Å². The second kappa shape index (κ2) is 5.65. The Labute approximate surface area is 97.0 Å². The first-order valence-electron chi connectivity index (χ1n) is 5.56. The Morgan fingerprint density at radius 2 is 2.19 bits per heavy atom. The Balaban J connectivity index is 2.76. The van der Waals surface area contributed by atoms with Crippen molar-refractivity contribution in [3.05, 3.63) is 11.8 Å². The lowest BCUT2D eigenvalue weighted by Crippen LogP contribution is -2.23. The third-order valence-electron chi connectivity index (χ3n) is 2.48. The molecule has 0 saturated heterocycles. The molecule has 0 amide bonds. The molecule has 5 heteroatoms. The average Bonchev–Trinajstić information content (AvgIpc) is 2.26. The molecule has 0 aromatic carbocycles. The molecule has 0 aliphatic heterocycles. The average molecular weight is 223 g/mol. The second-order valence-corrected chi connectivity index (χ2v) is 4.45. The minimum atomic E-state index is 0.456. The molecule has 5 nitrogen and oxygen atoms in total. The van der Waals surface area contributed by atoms with Gasteiger partial charge in [-0.2, -0.15) is 4.98 Å². The maximum atomic E-state index is 5.30. The van der Waals surface area contributed by atoms with Crippen molar-refractivity contribution in [1.82, 2.24) is 9.97 Å². The van der Waals surface area contributed by atoms with Crippen LogP contribution in [0.3, 0.4) is 0 Å². The fourth-order valence-electron chi connectivity index (χ4n) is 1.45. The predicted molar refractivity (Wildman–Crippen MR) is 67.3 cm³/mol. The molecular weight excluding hydrogens is 202 g/mol. The van der Waals surface area contributed by atoms with E-state index in [4.69, 9.17) is 5.84 Å². The smallest absolute Gasteiger partial charge is 0.239 e. The number of nitrogen functional groups attached to an aromatic ring is 1. The van der Waals surface area contributed by atoms with E-state index in [2.05, 4.69) is 34.1 Å². The molecule has 1 aromatic rings. The van der Waals surface area contributed by atoms with Crippen LogP contribution in [0.1, 0.15) is 25.8 Å². The molecule has 1 aromatic heterocycles. The van der Waals surface area contributed by atoms with Gasteiger partial charge in [-0.1, -0.05) is 13.8 Å². The van der Waals surface area contributed by atoms with Crippen molar-refractivity contribution >= 4 is 11.8 Å². The molecule has 0 bridgehead atoms. The van der Waals surface area contributed by atoms with Crippen molar-refractivity contribution in [3.8, 4) is 0 Å². The van der Waals surface area contributed by atoms with Crippen molar-refractivity contribution < 1.29 is 0 Å². The summed E-state index contributed by atoms with van der Waals surface area (Å²) in [6, 6.07) is 0.